The summed E-state index contributed by atoms with van der Waals surface area (Å²) in [7, 11) is 4.03. The third kappa shape index (κ3) is 2.76. The zero-order valence-electron chi connectivity index (χ0n) is 8.53. The molecule has 74 valence electrons. The standard InChI is InChI=1S/C9H16N2OS/c1-6-9(7(2)12)13-8(10-6)5-11(3)4/h7,12H,5H2,1-4H3. The number of hydrogen-bond acceptors (Lipinski definition) is 4. The number of aromatic nitrogens is 1. The van der Waals surface area contributed by atoms with Gasteiger partial charge in [0.25, 0.3) is 0 Å². The molecule has 0 bridgehead atoms. The van der Waals surface area contributed by atoms with E-state index < -0.39 is 6.10 Å². The molecule has 1 heterocycles. The molecule has 0 radical (unpaired) electrons. The molecule has 1 atom stereocenters. The second-order valence-corrected chi connectivity index (χ2v) is 4.59. The minimum Gasteiger partial charge on any atom is -0.388 e. The first-order valence-corrected chi connectivity index (χ1v) is 5.11. The Kier molecular flexibility index (Phi) is 3.41. The molecule has 3 nitrogen and oxygen atoms in total. The molecule has 1 unspecified atom stereocenters. The average Bonchev–Trinajstić information content (AvgIpc) is 2.29. The average molecular weight is 200 g/mol. The highest BCUT2D eigenvalue weighted by Crippen LogP contribution is 2.24. The highest BCUT2D eigenvalue weighted by Gasteiger charge is 2.11. The molecule has 1 rings (SSSR count). The summed E-state index contributed by atoms with van der Waals surface area (Å²) in [6.45, 7) is 4.57. The predicted octanol–water partition coefficient (Wildman–Crippen LogP) is 1.57. The van der Waals surface area contributed by atoms with Crippen molar-refractivity contribution in [2.75, 3.05) is 14.1 Å². The van der Waals surface area contributed by atoms with Crippen LogP contribution in [0.1, 0.15) is 28.6 Å². The minimum atomic E-state index is -0.395. The van der Waals surface area contributed by atoms with E-state index in [2.05, 4.69) is 9.88 Å². The molecule has 4 heteroatoms. The molecule has 0 amide bonds. The van der Waals surface area contributed by atoms with Crippen LogP contribution in [0, 0.1) is 6.92 Å². The molecule has 0 fully saturated rings. The van der Waals surface area contributed by atoms with Crippen LogP contribution in [0.15, 0.2) is 0 Å². The lowest BCUT2D eigenvalue weighted by Gasteiger charge is -2.04. The fourth-order valence-corrected chi connectivity index (χ4v) is 2.31. The molecule has 13 heavy (non-hydrogen) atoms. The molecule has 0 saturated heterocycles. The van der Waals surface area contributed by atoms with Gasteiger partial charge < -0.3 is 10.0 Å². The van der Waals surface area contributed by atoms with Gasteiger partial charge in [0.05, 0.1) is 16.7 Å². The Labute approximate surface area is 83.0 Å². The van der Waals surface area contributed by atoms with E-state index in [9.17, 15) is 5.11 Å². The summed E-state index contributed by atoms with van der Waals surface area (Å²) >= 11 is 1.59. The smallest absolute Gasteiger partial charge is 0.107 e. The summed E-state index contributed by atoms with van der Waals surface area (Å²) in [6.07, 6.45) is -0.395. The van der Waals surface area contributed by atoms with Gasteiger partial charge in [0.1, 0.15) is 5.01 Å². The molecule has 0 aromatic carbocycles. The van der Waals surface area contributed by atoms with Crippen molar-refractivity contribution >= 4 is 11.3 Å². The quantitative estimate of drug-likeness (QED) is 0.804. The minimum absolute atomic E-state index is 0.395. The Morgan fingerprint density at radius 1 is 1.54 bits per heavy atom. The maximum Gasteiger partial charge on any atom is 0.107 e. The number of aliphatic hydroxyl groups excluding tert-OH is 1. The third-order valence-corrected chi connectivity index (χ3v) is 3.02. The molecule has 0 spiro atoms. The van der Waals surface area contributed by atoms with Crippen LogP contribution in [0.3, 0.4) is 0 Å². The second kappa shape index (κ2) is 4.17. The molecule has 0 aliphatic carbocycles. The van der Waals surface area contributed by atoms with Crippen LogP contribution in [0.2, 0.25) is 0 Å². The summed E-state index contributed by atoms with van der Waals surface area (Å²) in [5, 5.41) is 10.5. The SMILES string of the molecule is Cc1nc(CN(C)C)sc1C(C)O. The van der Waals surface area contributed by atoms with E-state index >= 15 is 0 Å². The summed E-state index contributed by atoms with van der Waals surface area (Å²) in [6, 6.07) is 0. The molecule has 1 aromatic heterocycles. The number of rotatable bonds is 3. The Balaban J connectivity index is 2.82. The second-order valence-electron chi connectivity index (χ2n) is 3.47. The fraction of sp³-hybridized carbons (Fsp3) is 0.667. The van der Waals surface area contributed by atoms with Gasteiger partial charge in [0.15, 0.2) is 0 Å². The zero-order chi connectivity index (χ0) is 10.0. The van der Waals surface area contributed by atoms with Gasteiger partial charge in [-0.15, -0.1) is 11.3 Å². The van der Waals surface area contributed by atoms with Crippen LogP contribution in [0.4, 0.5) is 0 Å². The van der Waals surface area contributed by atoms with Crippen molar-refractivity contribution in [1.29, 1.82) is 0 Å². The van der Waals surface area contributed by atoms with Crippen molar-refractivity contribution in [3.05, 3.63) is 15.6 Å². The number of thiazole rings is 1. The predicted molar refractivity (Wildman–Crippen MR) is 54.9 cm³/mol. The first kappa shape index (κ1) is 10.6. The van der Waals surface area contributed by atoms with E-state index in [-0.39, 0.29) is 0 Å². The summed E-state index contributed by atoms with van der Waals surface area (Å²) in [4.78, 5) is 7.45. The Hall–Kier alpha value is -0.450. The van der Waals surface area contributed by atoms with Gasteiger partial charge in [-0.3, -0.25) is 0 Å². The normalized spacial score (nSPS) is 13.7. The first-order chi connectivity index (χ1) is 6.00. The lowest BCUT2D eigenvalue weighted by atomic mass is 10.3. The van der Waals surface area contributed by atoms with E-state index in [1.165, 1.54) is 0 Å². The van der Waals surface area contributed by atoms with Crippen LogP contribution < -0.4 is 0 Å². The van der Waals surface area contributed by atoms with Crippen molar-refractivity contribution in [1.82, 2.24) is 9.88 Å². The Morgan fingerprint density at radius 3 is 2.54 bits per heavy atom. The van der Waals surface area contributed by atoms with Crippen molar-refractivity contribution < 1.29 is 5.11 Å². The van der Waals surface area contributed by atoms with Gasteiger partial charge in [0.2, 0.25) is 0 Å². The molecule has 0 aliphatic heterocycles. The van der Waals surface area contributed by atoms with Gasteiger partial charge >= 0.3 is 0 Å². The molecule has 1 aromatic rings. The monoisotopic (exact) mass is 200 g/mol. The molecular formula is C9H16N2OS. The Bertz CT molecular complexity index is 281. The van der Waals surface area contributed by atoms with E-state index in [0.29, 0.717) is 0 Å². The van der Waals surface area contributed by atoms with E-state index in [1.807, 2.05) is 21.0 Å². The fourth-order valence-electron chi connectivity index (χ4n) is 1.19. The third-order valence-electron chi connectivity index (χ3n) is 1.71. The molecular weight excluding hydrogens is 184 g/mol. The van der Waals surface area contributed by atoms with E-state index in [4.69, 9.17) is 0 Å². The van der Waals surface area contributed by atoms with Crippen molar-refractivity contribution in [2.24, 2.45) is 0 Å². The van der Waals surface area contributed by atoms with Gasteiger partial charge in [0, 0.05) is 6.54 Å². The largest absolute Gasteiger partial charge is 0.388 e. The van der Waals surface area contributed by atoms with Crippen LogP contribution in [0.5, 0.6) is 0 Å². The van der Waals surface area contributed by atoms with E-state index in [0.717, 1.165) is 22.1 Å². The summed E-state index contributed by atoms with van der Waals surface area (Å²) in [5.41, 5.74) is 0.955. The number of hydrogen-bond donors (Lipinski definition) is 1. The lowest BCUT2D eigenvalue weighted by molar-refractivity contribution is 0.202. The number of aryl methyl sites for hydroxylation is 1. The van der Waals surface area contributed by atoms with Crippen LogP contribution in [-0.4, -0.2) is 29.1 Å². The maximum absolute atomic E-state index is 9.41. The van der Waals surface area contributed by atoms with Crippen LogP contribution in [0.25, 0.3) is 0 Å². The van der Waals surface area contributed by atoms with Crippen molar-refractivity contribution in [2.45, 2.75) is 26.5 Å². The molecule has 1 N–H and O–H groups in total. The van der Waals surface area contributed by atoms with Gasteiger partial charge in [-0.05, 0) is 27.9 Å². The zero-order valence-corrected chi connectivity index (χ0v) is 9.35. The number of nitrogens with zero attached hydrogens (tertiary/aromatic N) is 2. The maximum atomic E-state index is 9.41. The number of aliphatic hydroxyl groups is 1. The summed E-state index contributed by atoms with van der Waals surface area (Å²) < 4.78 is 0. The lowest BCUT2D eigenvalue weighted by Crippen LogP contribution is -2.10. The topological polar surface area (TPSA) is 36.4 Å². The molecule has 0 saturated carbocycles. The molecule has 0 aliphatic rings. The van der Waals surface area contributed by atoms with Gasteiger partial charge in [-0.2, -0.15) is 0 Å². The van der Waals surface area contributed by atoms with Crippen LogP contribution >= 0.6 is 11.3 Å². The van der Waals surface area contributed by atoms with Gasteiger partial charge in [-0.1, -0.05) is 0 Å². The van der Waals surface area contributed by atoms with Crippen molar-refractivity contribution in [3.63, 3.8) is 0 Å². The highest BCUT2D eigenvalue weighted by molar-refractivity contribution is 7.11. The first-order valence-electron chi connectivity index (χ1n) is 4.29. The highest BCUT2D eigenvalue weighted by atomic mass is 32.1. The van der Waals surface area contributed by atoms with Gasteiger partial charge in [-0.25, -0.2) is 4.98 Å². The van der Waals surface area contributed by atoms with E-state index in [1.54, 1.807) is 18.3 Å². The van der Waals surface area contributed by atoms with Crippen molar-refractivity contribution in [3.8, 4) is 0 Å². The van der Waals surface area contributed by atoms with Crippen LogP contribution in [-0.2, 0) is 6.54 Å². The summed E-state index contributed by atoms with van der Waals surface area (Å²) in [5.74, 6) is 0. The Morgan fingerprint density at radius 2 is 2.15 bits per heavy atom.